The van der Waals surface area contributed by atoms with E-state index in [0.29, 0.717) is 5.69 Å². The molecule has 2 heterocycles. The fraction of sp³-hybridized carbons (Fsp3) is 0.643. The van der Waals surface area contributed by atoms with Crippen LogP contribution in [0.1, 0.15) is 38.8 Å². The molecule has 1 aliphatic rings. The van der Waals surface area contributed by atoms with Gasteiger partial charge in [-0.15, -0.1) is 0 Å². The van der Waals surface area contributed by atoms with Crippen molar-refractivity contribution in [2.45, 2.75) is 57.7 Å². The number of carbonyl (C=O) groups is 2. The lowest BCUT2D eigenvalue weighted by Crippen LogP contribution is -2.55. The molecule has 0 radical (unpaired) electrons. The Morgan fingerprint density at radius 1 is 1.48 bits per heavy atom. The number of piperidine rings is 1. The summed E-state index contributed by atoms with van der Waals surface area (Å²) in [6.45, 7) is 4.00. The normalized spacial score (nSPS) is 23.6. The molecule has 0 spiro atoms. The van der Waals surface area contributed by atoms with Crippen LogP contribution in [0.3, 0.4) is 0 Å². The predicted octanol–water partition coefficient (Wildman–Crippen LogP) is 1.38. The van der Waals surface area contributed by atoms with Gasteiger partial charge in [-0.05, 0) is 33.1 Å². The third-order valence-corrected chi connectivity index (χ3v) is 4.00. The number of imidazole rings is 1. The molecule has 1 fully saturated rings. The summed E-state index contributed by atoms with van der Waals surface area (Å²) in [5.41, 5.74) is 0.683. The Hall–Kier alpha value is -2.05. The molecule has 0 aromatic carbocycles. The second-order valence-corrected chi connectivity index (χ2v) is 5.66. The highest BCUT2D eigenvalue weighted by Gasteiger charge is 2.31. The van der Waals surface area contributed by atoms with Gasteiger partial charge in [0.2, 0.25) is 0 Å². The Morgan fingerprint density at radius 3 is 2.67 bits per heavy atom. The standard InChI is InChI=1S/C14H22N4O3/c1-9-4-3-5-10(2)18(9)14(21)17-12(13(19)20)6-11-7-15-8-16-11/h7-10,12H,3-6H2,1-2H3,(H,15,16)(H,17,21)(H,19,20)/t9?,10?,12-/m0/s1. The highest BCUT2D eigenvalue weighted by atomic mass is 16.4. The molecule has 2 unspecified atom stereocenters. The lowest BCUT2D eigenvalue weighted by Gasteiger charge is -2.39. The number of carbonyl (C=O) groups excluding carboxylic acids is 1. The number of aromatic amines is 1. The molecule has 0 aliphatic carbocycles. The third kappa shape index (κ3) is 3.74. The SMILES string of the molecule is CC1CCCC(C)N1C(=O)N[C@@H](Cc1cnc[nH]1)C(=O)O. The van der Waals surface area contributed by atoms with Gasteiger partial charge in [-0.1, -0.05) is 0 Å². The van der Waals surface area contributed by atoms with Gasteiger partial charge in [-0.3, -0.25) is 0 Å². The number of amides is 2. The Morgan fingerprint density at radius 2 is 2.14 bits per heavy atom. The first-order valence-corrected chi connectivity index (χ1v) is 7.28. The number of urea groups is 1. The van der Waals surface area contributed by atoms with E-state index < -0.39 is 12.0 Å². The van der Waals surface area contributed by atoms with E-state index in [0.717, 1.165) is 19.3 Å². The molecule has 7 heteroatoms. The zero-order chi connectivity index (χ0) is 15.4. The van der Waals surface area contributed by atoms with E-state index in [-0.39, 0.29) is 24.5 Å². The fourth-order valence-corrected chi connectivity index (χ4v) is 2.86. The number of hydrogen-bond donors (Lipinski definition) is 3. The number of hydrogen-bond acceptors (Lipinski definition) is 3. The molecule has 3 N–H and O–H groups in total. The van der Waals surface area contributed by atoms with Crippen LogP contribution in [0, 0.1) is 0 Å². The van der Waals surface area contributed by atoms with Crippen molar-refractivity contribution in [2.24, 2.45) is 0 Å². The molecule has 0 bridgehead atoms. The monoisotopic (exact) mass is 294 g/mol. The number of aliphatic carboxylic acids is 1. The summed E-state index contributed by atoms with van der Waals surface area (Å²) in [6.07, 6.45) is 6.26. The summed E-state index contributed by atoms with van der Waals surface area (Å²) in [6, 6.07) is -0.994. The van der Waals surface area contributed by atoms with Gasteiger partial charge in [0.25, 0.3) is 0 Å². The number of carboxylic acid groups (broad SMARTS) is 1. The van der Waals surface area contributed by atoms with Crippen LogP contribution in [0.2, 0.25) is 0 Å². The van der Waals surface area contributed by atoms with Crippen LogP contribution >= 0.6 is 0 Å². The average molecular weight is 294 g/mol. The summed E-state index contributed by atoms with van der Waals surface area (Å²) in [5, 5.41) is 11.9. The highest BCUT2D eigenvalue weighted by molar-refractivity contribution is 5.83. The maximum atomic E-state index is 12.4. The van der Waals surface area contributed by atoms with Crippen LogP contribution in [0.15, 0.2) is 12.5 Å². The number of H-pyrrole nitrogens is 1. The van der Waals surface area contributed by atoms with Gasteiger partial charge in [0.1, 0.15) is 6.04 Å². The zero-order valence-corrected chi connectivity index (χ0v) is 12.4. The van der Waals surface area contributed by atoms with Crippen molar-refractivity contribution < 1.29 is 14.7 Å². The first-order valence-electron chi connectivity index (χ1n) is 7.28. The van der Waals surface area contributed by atoms with Gasteiger partial charge in [-0.25, -0.2) is 14.6 Å². The van der Waals surface area contributed by atoms with Crippen LogP contribution in [-0.2, 0) is 11.2 Å². The average Bonchev–Trinajstić information content (AvgIpc) is 2.90. The van der Waals surface area contributed by atoms with Crippen LogP contribution in [0.4, 0.5) is 4.79 Å². The van der Waals surface area contributed by atoms with Crippen LogP contribution < -0.4 is 5.32 Å². The number of nitrogens with one attached hydrogen (secondary N) is 2. The maximum absolute atomic E-state index is 12.4. The van der Waals surface area contributed by atoms with E-state index in [1.165, 1.54) is 6.33 Å². The van der Waals surface area contributed by atoms with Gasteiger partial charge in [0.05, 0.1) is 6.33 Å². The molecule has 1 aromatic rings. The van der Waals surface area contributed by atoms with Gasteiger partial charge in [0, 0.05) is 30.4 Å². The Bertz CT molecular complexity index is 478. The van der Waals surface area contributed by atoms with E-state index in [2.05, 4.69) is 15.3 Å². The van der Waals surface area contributed by atoms with Crippen LogP contribution in [0.5, 0.6) is 0 Å². The van der Waals surface area contributed by atoms with Crippen molar-refractivity contribution in [2.75, 3.05) is 0 Å². The van der Waals surface area contributed by atoms with Crippen molar-refractivity contribution >= 4 is 12.0 Å². The number of rotatable bonds is 4. The molecule has 116 valence electrons. The Kier molecular flexibility index (Phi) is 4.82. The lowest BCUT2D eigenvalue weighted by molar-refractivity contribution is -0.139. The first kappa shape index (κ1) is 15.3. The van der Waals surface area contributed by atoms with E-state index in [1.54, 1.807) is 11.1 Å². The third-order valence-electron chi connectivity index (χ3n) is 4.00. The van der Waals surface area contributed by atoms with Crippen molar-refractivity contribution in [1.29, 1.82) is 0 Å². The summed E-state index contributed by atoms with van der Waals surface area (Å²) in [5.74, 6) is -1.05. The van der Waals surface area contributed by atoms with Gasteiger partial charge < -0.3 is 20.3 Å². The van der Waals surface area contributed by atoms with Crippen LogP contribution in [0.25, 0.3) is 0 Å². The minimum atomic E-state index is -1.05. The topological polar surface area (TPSA) is 98.3 Å². The summed E-state index contributed by atoms with van der Waals surface area (Å²) >= 11 is 0. The summed E-state index contributed by atoms with van der Waals surface area (Å²) in [4.78, 5) is 32.2. The van der Waals surface area contributed by atoms with Gasteiger partial charge >= 0.3 is 12.0 Å². The Labute approximate surface area is 123 Å². The molecule has 2 amide bonds. The maximum Gasteiger partial charge on any atom is 0.326 e. The van der Waals surface area contributed by atoms with Crippen molar-refractivity contribution in [1.82, 2.24) is 20.2 Å². The lowest BCUT2D eigenvalue weighted by atomic mass is 9.98. The highest BCUT2D eigenvalue weighted by Crippen LogP contribution is 2.22. The quantitative estimate of drug-likeness (QED) is 0.781. The first-order chi connectivity index (χ1) is 9.99. The van der Waals surface area contributed by atoms with Gasteiger partial charge in [-0.2, -0.15) is 0 Å². The van der Waals surface area contributed by atoms with Crippen LogP contribution in [-0.4, -0.2) is 50.1 Å². The summed E-state index contributed by atoms with van der Waals surface area (Å²) in [7, 11) is 0. The number of aromatic nitrogens is 2. The zero-order valence-electron chi connectivity index (χ0n) is 12.4. The number of nitrogens with zero attached hydrogens (tertiary/aromatic N) is 2. The van der Waals surface area contributed by atoms with Gasteiger partial charge in [0.15, 0.2) is 0 Å². The molecule has 0 saturated carbocycles. The van der Waals surface area contributed by atoms with Crippen molar-refractivity contribution in [3.05, 3.63) is 18.2 Å². The summed E-state index contributed by atoms with van der Waals surface area (Å²) < 4.78 is 0. The van der Waals surface area contributed by atoms with E-state index in [9.17, 15) is 14.7 Å². The molecule has 2 rings (SSSR count). The molecule has 21 heavy (non-hydrogen) atoms. The smallest absolute Gasteiger partial charge is 0.326 e. The second-order valence-electron chi connectivity index (χ2n) is 5.66. The molecule has 3 atom stereocenters. The molecule has 7 nitrogen and oxygen atoms in total. The molecular weight excluding hydrogens is 272 g/mol. The fourth-order valence-electron chi connectivity index (χ4n) is 2.86. The largest absolute Gasteiger partial charge is 0.480 e. The second kappa shape index (κ2) is 6.60. The minimum Gasteiger partial charge on any atom is -0.480 e. The number of carboxylic acids is 1. The van der Waals surface area contributed by atoms with Crippen molar-refractivity contribution in [3.63, 3.8) is 0 Å². The van der Waals surface area contributed by atoms with Crippen molar-refractivity contribution in [3.8, 4) is 0 Å². The Balaban J connectivity index is 2.02. The minimum absolute atomic E-state index is 0.135. The van der Waals surface area contributed by atoms with E-state index >= 15 is 0 Å². The molecule has 1 aliphatic heterocycles. The van der Waals surface area contributed by atoms with E-state index in [1.807, 2.05) is 13.8 Å². The molecule has 1 saturated heterocycles. The number of likely N-dealkylation sites (tertiary alicyclic amines) is 1. The van der Waals surface area contributed by atoms with E-state index in [4.69, 9.17) is 0 Å². The molecular formula is C14H22N4O3. The predicted molar refractivity (Wildman–Crippen MR) is 76.9 cm³/mol. The molecule has 1 aromatic heterocycles.